The average molecular weight is 397 g/mol. The summed E-state index contributed by atoms with van der Waals surface area (Å²) in [6.45, 7) is 2.75. The van der Waals surface area contributed by atoms with Gasteiger partial charge in [0.15, 0.2) is 5.96 Å². The third-order valence-corrected chi connectivity index (χ3v) is 5.85. The van der Waals surface area contributed by atoms with Crippen molar-refractivity contribution in [1.29, 1.82) is 0 Å². The first-order chi connectivity index (χ1) is 12.2. The van der Waals surface area contributed by atoms with Crippen LogP contribution in [0.3, 0.4) is 0 Å². The summed E-state index contributed by atoms with van der Waals surface area (Å²) < 4.78 is 0. The summed E-state index contributed by atoms with van der Waals surface area (Å²) in [4.78, 5) is 6.78. The number of hydrogen-bond donors (Lipinski definition) is 2. The molecule has 0 radical (unpaired) electrons. The predicted molar refractivity (Wildman–Crippen MR) is 109 cm³/mol. The molecule has 2 aromatic rings. The Morgan fingerprint density at radius 3 is 2.72 bits per heavy atom. The second-order valence-corrected chi connectivity index (χ2v) is 7.79. The van der Waals surface area contributed by atoms with Gasteiger partial charge in [-0.2, -0.15) is 0 Å². The van der Waals surface area contributed by atoms with Crippen molar-refractivity contribution in [2.45, 2.75) is 25.4 Å². The molecular formula is C18H22Cl2N4S. The monoisotopic (exact) mass is 396 g/mol. The fourth-order valence-corrected chi connectivity index (χ4v) is 4.19. The average Bonchev–Trinajstić information content (AvgIpc) is 3.15. The van der Waals surface area contributed by atoms with Crippen LogP contribution in [0.2, 0.25) is 10.0 Å². The molecule has 1 aliphatic heterocycles. The van der Waals surface area contributed by atoms with Crippen molar-refractivity contribution in [3.8, 4) is 0 Å². The Labute approximate surface area is 162 Å². The van der Waals surface area contributed by atoms with Crippen LogP contribution in [0.4, 0.5) is 5.00 Å². The van der Waals surface area contributed by atoms with Gasteiger partial charge in [-0.25, -0.2) is 0 Å². The quantitative estimate of drug-likeness (QED) is 0.594. The second-order valence-electron chi connectivity index (χ2n) is 6.02. The van der Waals surface area contributed by atoms with E-state index in [0.29, 0.717) is 22.6 Å². The number of aliphatic imine (C=N–C) groups is 1. The normalized spacial score (nSPS) is 16.1. The molecule has 1 aliphatic rings. The molecule has 1 aromatic heterocycles. The minimum Gasteiger partial charge on any atom is -0.363 e. The smallest absolute Gasteiger partial charge is 0.191 e. The van der Waals surface area contributed by atoms with Gasteiger partial charge in [0, 0.05) is 42.8 Å². The van der Waals surface area contributed by atoms with Gasteiger partial charge in [-0.3, -0.25) is 4.99 Å². The predicted octanol–water partition coefficient (Wildman–Crippen LogP) is 4.39. The zero-order valence-electron chi connectivity index (χ0n) is 14.1. The lowest BCUT2D eigenvalue weighted by Crippen LogP contribution is -2.48. The molecule has 2 heterocycles. The van der Waals surface area contributed by atoms with Gasteiger partial charge in [-0.05, 0) is 48.1 Å². The van der Waals surface area contributed by atoms with E-state index < -0.39 is 0 Å². The molecule has 2 N–H and O–H groups in total. The molecule has 3 rings (SSSR count). The first kappa shape index (κ1) is 18.4. The highest BCUT2D eigenvalue weighted by atomic mass is 35.5. The highest BCUT2D eigenvalue weighted by molar-refractivity contribution is 7.14. The molecule has 4 nitrogen and oxygen atoms in total. The highest BCUT2D eigenvalue weighted by Gasteiger charge is 2.20. The number of nitrogens with one attached hydrogen (secondary N) is 2. The van der Waals surface area contributed by atoms with Crippen LogP contribution < -0.4 is 15.5 Å². The number of thiophene rings is 1. The van der Waals surface area contributed by atoms with E-state index in [1.807, 2.05) is 12.1 Å². The Morgan fingerprint density at radius 2 is 2.08 bits per heavy atom. The number of rotatable bonds is 4. The minimum atomic E-state index is 0.433. The van der Waals surface area contributed by atoms with E-state index in [2.05, 4.69) is 38.0 Å². The van der Waals surface area contributed by atoms with Gasteiger partial charge in [0.05, 0.1) is 5.00 Å². The maximum Gasteiger partial charge on any atom is 0.191 e. The fourth-order valence-electron chi connectivity index (χ4n) is 2.93. The largest absolute Gasteiger partial charge is 0.363 e. The molecule has 1 aromatic carbocycles. The number of anilines is 1. The van der Waals surface area contributed by atoms with E-state index in [9.17, 15) is 0 Å². The van der Waals surface area contributed by atoms with E-state index in [4.69, 9.17) is 23.2 Å². The zero-order valence-corrected chi connectivity index (χ0v) is 16.5. The van der Waals surface area contributed by atoms with Crippen molar-refractivity contribution in [3.05, 3.63) is 51.3 Å². The van der Waals surface area contributed by atoms with Crippen LogP contribution in [0.25, 0.3) is 0 Å². The van der Waals surface area contributed by atoms with E-state index in [1.165, 1.54) is 5.00 Å². The summed E-state index contributed by atoms with van der Waals surface area (Å²) in [6.07, 6.45) is 2.20. The van der Waals surface area contributed by atoms with Gasteiger partial charge < -0.3 is 15.5 Å². The molecule has 0 bridgehead atoms. The number of guanidine groups is 1. The summed E-state index contributed by atoms with van der Waals surface area (Å²) in [6, 6.07) is 10.3. The first-order valence-corrected chi connectivity index (χ1v) is 9.99. The zero-order chi connectivity index (χ0) is 17.6. The maximum absolute atomic E-state index is 6.22. The van der Waals surface area contributed by atoms with Crippen molar-refractivity contribution in [2.75, 3.05) is 25.0 Å². The SMILES string of the molecule is CN=C(NCc1ccc(Cl)cc1Cl)NC1CCN(c2cccs2)CC1. The number of hydrogen-bond acceptors (Lipinski definition) is 3. The summed E-state index contributed by atoms with van der Waals surface area (Å²) in [5.74, 6) is 0.806. The van der Waals surface area contributed by atoms with Crippen molar-refractivity contribution in [3.63, 3.8) is 0 Å². The maximum atomic E-state index is 6.22. The molecule has 0 saturated carbocycles. The Kier molecular flexibility index (Phi) is 6.45. The summed E-state index contributed by atoms with van der Waals surface area (Å²) in [5.41, 5.74) is 1.00. The second kappa shape index (κ2) is 8.79. The van der Waals surface area contributed by atoms with Gasteiger partial charge in [0.25, 0.3) is 0 Å². The number of nitrogens with zero attached hydrogens (tertiary/aromatic N) is 2. The summed E-state index contributed by atoms with van der Waals surface area (Å²) in [7, 11) is 1.79. The van der Waals surface area contributed by atoms with Crippen molar-refractivity contribution in [2.24, 2.45) is 4.99 Å². The molecule has 0 spiro atoms. The van der Waals surface area contributed by atoms with E-state index >= 15 is 0 Å². The Morgan fingerprint density at radius 1 is 1.28 bits per heavy atom. The molecule has 1 fully saturated rings. The topological polar surface area (TPSA) is 39.7 Å². The van der Waals surface area contributed by atoms with Gasteiger partial charge in [0.2, 0.25) is 0 Å². The first-order valence-electron chi connectivity index (χ1n) is 8.35. The summed E-state index contributed by atoms with van der Waals surface area (Å²) >= 11 is 14.0. The standard InChI is InChI=1S/C18H22Cl2N4S/c1-21-18(22-12-13-4-5-14(19)11-16(13)20)23-15-6-8-24(9-7-15)17-3-2-10-25-17/h2-5,10-11,15H,6-9,12H2,1H3,(H2,21,22,23). The fraction of sp³-hybridized carbons (Fsp3) is 0.389. The third-order valence-electron chi connectivity index (χ3n) is 4.34. The third kappa shape index (κ3) is 5.03. The van der Waals surface area contributed by atoms with Gasteiger partial charge in [-0.15, -0.1) is 11.3 Å². The van der Waals surface area contributed by atoms with E-state index in [1.54, 1.807) is 24.5 Å². The molecular weight excluding hydrogens is 375 g/mol. The molecule has 0 aliphatic carbocycles. The van der Waals surface area contributed by atoms with Gasteiger partial charge in [0.1, 0.15) is 0 Å². The molecule has 1 saturated heterocycles. The molecule has 0 atom stereocenters. The molecule has 0 amide bonds. The van der Waals surface area contributed by atoms with Crippen LogP contribution in [0.5, 0.6) is 0 Å². The number of halogens is 2. The molecule has 134 valence electrons. The van der Waals surface area contributed by atoms with Gasteiger partial charge >= 0.3 is 0 Å². The van der Waals surface area contributed by atoms with Crippen molar-refractivity contribution >= 4 is 45.5 Å². The van der Waals surface area contributed by atoms with Crippen LogP contribution in [-0.4, -0.2) is 32.1 Å². The lowest BCUT2D eigenvalue weighted by molar-refractivity contribution is 0.463. The van der Waals surface area contributed by atoms with Crippen molar-refractivity contribution < 1.29 is 0 Å². The molecule has 7 heteroatoms. The summed E-state index contributed by atoms with van der Waals surface area (Å²) in [5, 5.41) is 11.7. The molecule has 25 heavy (non-hydrogen) atoms. The Hall–Kier alpha value is -1.43. The van der Waals surface area contributed by atoms with Crippen LogP contribution in [-0.2, 0) is 6.54 Å². The highest BCUT2D eigenvalue weighted by Crippen LogP contribution is 2.25. The van der Waals surface area contributed by atoms with E-state index in [-0.39, 0.29) is 0 Å². The van der Waals surface area contributed by atoms with Crippen LogP contribution in [0.15, 0.2) is 40.7 Å². The Bertz CT molecular complexity index is 710. The Balaban J connectivity index is 1.48. The number of benzene rings is 1. The van der Waals surface area contributed by atoms with Crippen LogP contribution in [0.1, 0.15) is 18.4 Å². The minimum absolute atomic E-state index is 0.433. The molecule has 0 unspecified atom stereocenters. The lowest BCUT2D eigenvalue weighted by Gasteiger charge is -2.33. The number of piperidine rings is 1. The van der Waals surface area contributed by atoms with Gasteiger partial charge in [-0.1, -0.05) is 29.3 Å². The van der Waals surface area contributed by atoms with E-state index in [0.717, 1.165) is 37.5 Å². The lowest BCUT2D eigenvalue weighted by atomic mass is 10.1. The van der Waals surface area contributed by atoms with Crippen LogP contribution >= 0.6 is 34.5 Å². The van der Waals surface area contributed by atoms with Crippen molar-refractivity contribution in [1.82, 2.24) is 10.6 Å². The van der Waals surface area contributed by atoms with Crippen LogP contribution in [0, 0.1) is 0 Å².